The Balaban J connectivity index is 1.93. The maximum Gasteiger partial charge on any atom is 0.244 e. The first kappa shape index (κ1) is 14.6. The van der Waals surface area contributed by atoms with Crippen molar-refractivity contribution in [2.45, 2.75) is 23.7 Å². The van der Waals surface area contributed by atoms with Crippen LogP contribution in [0.1, 0.15) is 23.2 Å². The van der Waals surface area contributed by atoms with Gasteiger partial charge in [-0.3, -0.25) is 19.7 Å². The molecule has 3 rings (SSSR count). The van der Waals surface area contributed by atoms with Crippen molar-refractivity contribution < 1.29 is 19.5 Å². The number of thioether (sulfide) groups is 1. The lowest BCUT2D eigenvalue weighted by molar-refractivity contribution is -0.127. The monoisotopic (exact) mass is 325 g/mol. The van der Waals surface area contributed by atoms with Crippen LogP contribution in [0.2, 0.25) is 5.02 Å². The van der Waals surface area contributed by atoms with E-state index in [1.165, 1.54) is 0 Å². The fraction of sp³-hybridized carbons (Fsp3) is 0.357. The summed E-state index contributed by atoms with van der Waals surface area (Å²) >= 11 is 6.78. The van der Waals surface area contributed by atoms with Crippen LogP contribution in [0.5, 0.6) is 0 Å². The first-order valence-electron chi connectivity index (χ1n) is 6.47. The summed E-state index contributed by atoms with van der Waals surface area (Å²) in [5.41, 5.74) is 0.297. The van der Waals surface area contributed by atoms with Gasteiger partial charge in [-0.1, -0.05) is 35.5 Å². The molecular formula is C14H12ClNO4S. The van der Waals surface area contributed by atoms with Crippen molar-refractivity contribution in [3.63, 3.8) is 0 Å². The second-order valence-corrected chi connectivity index (χ2v) is 6.87. The van der Waals surface area contributed by atoms with Crippen molar-refractivity contribution in [2.75, 3.05) is 0 Å². The molecule has 1 saturated carbocycles. The van der Waals surface area contributed by atoms with Gasteiger partial charge < -0.3 is 5.11 Å². The number of aliphatic hydroxyl groups is 1. The zero-order chi connectivity index (χ0) is 15.2. The van der Waals surface area contributed by atoms with E-state index >= 15 is 0 Å². The molecule has 2 amide bonds. The molecule has 21 heavy (non-hydrogen) atoms. The lowest BCUT2D eigenvalue weighted by Crippen LogP contribution is -2.38. The van der Waals surface area contributed by atoms with Crippen molar-refractivity contribution in [1.82, 2.24) is 5.32 Å². The summed E-state index contributed by atoms with van der Waals surface area (Å²) in [5.74, 6) is -1.88. The van der Waals surface area contributed by atoms with Crippen LogP contribution in [0.15, 0.2) is 24.3 Å². The second-order valence-electron chi connectivity index (χ2n) is 5.16. The number of benzene rings is 1. The number of hydrogen-bond donors (Lipinski definition) is 2. The Kier molecular flexibility index (Phi) is 3.55. The Labute approximate surface area is 130 Å². The minimum absolute atomic E-state index is 0.289. The standard InChI is InChI=1S/C14H12ClNO4S/c15-8-4-2-1-3-7(8)12(19)21-14-6-5-9(17)10(14)11(18)16-13(14)20/h1-4,9-10,17H,5-6H2,(H,16,18,20)/t9-,10+,14-/m0/s1. The van der Waals surface area contributed by atoms with Gasteiger partial charge in [-0.2, -0.15) is 0 Å². The van der Waals surface area contributed by atoms with E-state index in [9.17, 15) is 19.5 Å². The van der Waals surface area contributed by atoms with Gasteiger partial charge in [0.05, 0.1) is 17.0 Å². The Morgan fingerprint density at radius 2 is 2.10 bits per heavy atom. The molecule has 1 aliphatic carbocycles. The molecule has 5 nitrogen and oxygen atoms in total. The number of imide groups is 1. The lowest BCUT2D eigenvalue weighted by Gasteiger charge is -2.23. The topological polar surface area (TPSA) is 83.5 Å². The summed E-state index contributed by atoms with van der Waals surface area (Å²) < 4.78 is -1.22. The van der Waals surface area contributed by atoms with Gasteiger partial charge in [0.25, 0.3) is 0 Å². The molecule has 0 unspecified atom stereocenters. The average molecular weight is 326 g/mol. The maximum absolute atomic E-state index is 12.4. The molecule has 0 aromatic heterocycles. The summed E-state index contributed by atoms with van der Waals surface area (Å²) in [5, 5.41) is 12.1. The smallest absolute Gasteiger partial charge is 0.244 e. The van der Waals surface area contributed by atoms with Gasteiger partial charge in [0.15, 0.2) is 0 Å². The molecule has 0 bridgehead atoms. The highest BCUT2D eigenvalue weighted by Gasteiger charge is 2.63. The van der Waals surface area contributed by atoms with Gasteiger partial charge in [0, 0.05) is 5.56 Å². The Bertz CT molecular complexity index is 650. The Morgan fingerprint density at radius 3 is 2.81 bits per heavy atom. The van der Waals surface area contributed by atoms with E-state index in [0.717, 1.165) is 11.8 Å². The number of hydrogen-bond acceptors (Lipinski definition) is 5. The van der Waals surface area contributed by atoms with E-state index in [1.807, 2.05) is 0 Å². The summed E-state index contributed by atoms with van der Waals surface area (Å²) in [6.07, 6.45) is -0.285. The quantitative estimate of drug-likeness (QED) is 0.803. The predicted molar refractivity (Wildman–Crippen MR) is 78.0 cm³/mol. The summed E-state index contributed by atoms with van der Waals surface area (Å²) in [7, 11) is 0. The highest BCUT2D eigenvalue weighted by molar-refractivity contribution is 8.16. The molecule has 1 aromatic rings. The largest absolute Gasteiger partial charge is 0.392 e. The SMILES string of the molecule is O=C(S[C@@]12CC[C@H](O)[C@@H]1C(=O)NC2=O)c1ccccc1Cl. The minimum Gasteiger partial charge on any atom is -0.392 e. The van der Waals surface area contributed by atoms with Crippen LogP contribution in [0, 0.1) is 5.92 Å². The van der Waals surface area contributed by atoms with Crippen LogP contribution in [0.3, 0.4) is 0 Å². The molecule has 0 radical (unpaired) electrons. The van der Waals surface area contributed by atoms with E-state index in [1.54, 1.807) is 24.3 Å². The molecule has 1 saturated heterocycles. The maximum atomic E-state index is 12.4. The minimum atomic E-state index is -1.22. The van der Waals surface area contributed by atoms with Crippen molar-refractivity contribution in [1.29, 1.82) is 0 Å². The summed E-state index contributed by atoms with van der Waals surface area (Å²) in [4.78, 5) is 36.4. The van der Waals surface area contributed by atoms with Gasteiger partial charge in [-0.05, 0) is 25.0 Å². The number of amides is 2. The van der Waals surface area contributed by atoms with Gasteiger partial charge >= 0.3 is 0 Å². The van der Waals surface area contributed by atoms with Crippen molar-refractivity contribution in [3.05, 3.63) is 34.9 Å². The fourth-order valence-corrected chi connectivity index (χ4v) is 4.59. The third-order valence-electron chi connectivity index (χ3n) is 3.97. The molecule has 1 aliphatic heterocycles. The highest BCUT2D eigenvalue weighted by Crippen LogP contribution is 2.50. The number of carbonyl (C=O) groups excluding carboxylic acids is 3. The Morgan fingerprint density at radius 1 is 1.38 bits per heavy atom. The molecule has 1 heterocycles. The Hall–Kier alpha value is -1.37. The van der Waals surface area contributed by atoms with Crippen LogP contribution in [0.25, 0.3) is 0 Å². The zero-order valence-corrected chi connectivity index (χ0v) is 12.4. The van der Waals surface area contributed by atoms with Crippen LogP contribution in [-0.2, 0) is 9.59 Å². The summed E-state index contributed by atoms with van der Waals surface area (Å²) in [6.45, 7) is 0. The van der Waals surface area contributed by atoms with Crippen LogP contribution < -0.4 is 5.32 Å². The first-order valence-corrected chi connectivity index (χ1v) is 7.66. The van der Waals surface area contributed by atoms with E-state index < -0.39 is 28.6 Å². The molecule has 2 N–H and O–H groups in total. The third kappa shape index (κ3) is 2.18. The average Bonchev–Trinajstić information content (AvgIpc) is 2.88. The van der Waals surface area contributed by atoms with E-state index in [2.05, 4.69) is 5.32 Å². The van der Waals surface area contributed by atoms with Gasteiger partial charge in [-0.25, -0.2) is 0 Å². The summed E-state index contributed by atoms with van der Waals surface area (Å²) in [6, 6.07) is 6.55. The molecule has 3 atom stereocenters. The second kappa shape index (κ2) is 5.12. The van der Waals surface area contributed by atoms with E-state index in [0.29, 0.717) is 17.0 Å². The number of rotatable bonds is 2. The van der Waals surface area contributed by atoms with E-state index in [4.69, 9.17) is 11.6 Å². The highest BCUT2D eigenvalue weighted by atomic mass is 35.5. The number of nitrogens with one attached hydrogen (secondary N) is 1. The van der Waals surface area contributed by atoms with Gasteiger partial charge in [-0.15, -0.1) is 0 Å². The molecule has 0 spiro atoms. The number of halogens is 1. The zero-order valence-electron chi connectivity index (χ0n) is 10.8. The van der Waals surface area contributed by atoms with Crippen molar-refractivity contribution in [3.8, 4) is 0 Å². The molecule has 2 fully saturated rings. The predicted octanol–water partition coefficient (Wildman–Crippen LogP) is 1.38. The van der Waals surface area contributed by atoms with Crippen LogP contribution in [0.4, 0.5) is 0 Å². The van der Waals surface area contributed by atoms with Gasteiger partial charge in [0.1, 0.15) is 4.75 Å². The van der Waals surface area contributed by atoms with Crippen LogP contribution >= 0.6 is 23.4 Å². The number of carbonyl (C=O) groups is 3. The van der Waals surface area contributed by atoms with Crippen molar-refractivity contribution >= 4 is 40.3 Å². The molecule has 2 aliphatic rings. The lowest BCUT2D eigenvalue weighted by atomic mass is 9.97. The molecule has 1 aromatic carbocycles. The molecule has 7 heteroatoms. The molecular weight excluding hydrogens is 314 g/mol. The molecule has 110 valence electrons. The number of fused-ring (bicyclic) bond motifs is 1. The fourth-order valence-electron chi connectivity index (χ4n) is 2.94. The normalized spacial score (nSPS) is 31.1. The van der Waals surface area contributed by atoms with Crippen LogP contribution in [-0.4, -0.2) is 32.9 Å². The van der Waals surface area contributed by atoms with Gasteiger partial charge in [0.2, 0.25) is 16.9 Å². The first-order chi connectivity index (χ1) is 9.95. The number of aliphatic hydroxyl groups excluding tert-OH is 1. The van der Waals surface area contributed by atoms with Crippen molar-refractivity contribution in [2.24, 2.45) is 5.92 Å². The third-order valence-corrected chi connectivity index (χ3v) is 5.71. The van der Waals surface area contributed by atoms with E-state index in [-0.39, 0.29) is 11.5 Å².